The molecule has 0 atom stereocenters. The topological polar surface area (TPSA) is 55.1 Å². The second kappa shape index (κ2) is 7.70. The average Bonchev–Trinajstić information content (AvgIpc) is 3.08. The maximum atomic E-state index is 12.6. The van der Waals surface area contributed by atoms with E-state index in [9.17, 15) is 4.79 Å². The van der Waals surface area contributed by atoms with Crippen LogP contribution in [0.5, 0.6) is 0 Å². The van der Waals surface area contributed by atoms with Crippen LogP contribution in [0.1, 0.15) is 42.5 Å². The molecule has 1 aromatic heterocycles. The number of amides is 1. The molecule has 7 heteroatoms. The fourth-order valence-electron chi connectivity index (χ4n) is 3.41. The number of benzene rings is 2. The maximum Gasteiger partial charge on any atom is 0.251 e. The van der Waals surface area contributed by atoms with Crippen LogP contribution < -0.4 is 5.32 Å². The third-order valence-electron chi connectivity index (χ3n) is 4.81. The van der Waals surface area contributed by atoms with Gasteiger partial charge in [0, 0.05) is 16.6 Å². The Labute approximate surface area is 171 Å². The zero-order chi connectivity index (χ0) is 19.0. The highest BCUT2D eigenvalue weighted by molar-refractivity contribution is 6.44. The molecular formula is C20H17Cl3N2O2. The number of halogens is 3. The summed E-state index contributed by atoms with van der Waals surface area (Å²) in [5.74, 6) is 0.224. The molecule has 1 aliphatic rings. The van der Waals surface area contributed by atoms with Crippen molar-refractivity contribution < 1.29 is 9.21 Å². The van der Waals surface area contributed by atoms with Gasteiger partial charge in [-0.3, -0.25) is 4.79 Å². The van der Waals surface area contributed by atoms with Gasteiger partial charge in [-0.25, -0.2) is 4.98 Å². The molecular weight excluding hydrogens is 407 g/mol. The summed E-state index contributed by atoms with van der Waals surface area (Å²) >= 11 is 18.4. The lowest BCUT2D eigenvalue weighted by Gasteiger charge is -2.22. The summed E-state index contributed by atoms with van der Waals surface area (Å²) in [6.07, 6.45) is 5.65. The lowest BCUT2D eigenvalue weighted by molar-refractivity contribution is 0.0928. The molecule has 4 rings (SSSR count). The lowest BCUT2D eigenvalue weighted by atomic mass is 9.95. The molecule has 1 heterocycles. The third kappa shape index (κ3) is 3.93. The largest absolute Gasteiger partial charge is 0.436 e. The van der Waals surface area contributed by atoms with E-state index in [-0.39, 0.29) is 11.9 Å². The Hall–Kier alpha value is -1.75. The zero-order valence-electron chi connectivity index (χ0n) is 14.4. The first-order chi connectivity index (χ1) is 13.0. The van der Waals surface area contributed by atoms with Crippen LogP contribution in [0.3, 0.4) is 0 Å². The monoisotopic (exact) mass is 422 g/mol. The summed E-state index contributed by atoms with van der Waals surface area (Å²) in [4.78, 5) is 17.0. The summed E-state index contributed by atoms with van der Waals surface area (Å²) in [5, 5.41) is 4.20. The van der Waals surface area contributed by atoms with Gasteiger partial charge in [0.25, 0.3) is 5.91 Å². The van der Waals surface area contributed by atoms with Crippen molar-refractivity contribution in [2.45, 2.75) is 38.1 Å². The van der Waals surface area contributed by atoms with Crippen molar-refractivity contribution in [2.24, 2.45) is 0 Å². The Balaban J connectivity index is 1.63. The smallest absolute Gasteiger partial charge is 0.251 e. The van der Waals surface area contributed by atoms with Gasteiger partial charge in [0.2, 0.25) is 5.89 Å². The van der Waals surface area contributed by atoms with Gasteiger partial charge in [-0.1, -0.05) is 54.1 Å². The molecule has 1 saturated carbocycles. The first kappa shape index (κ1) is 18.6. The van der Waals surface area contributed by atoms with Crippen LogP contribution in [0.2, 0.25) is 15.1 Å². The van der Waals surface area contributed by atoms with Crippen LogP contribution in [-0.4, -0.2) is 16.9 Å². The SMILES string of the molecule is O=C(NC1CCCCC1)c1ccc2oc(-c3cc(Cl)cc(Cl)c3Cl)nc2c1. The minimum absolute atomic E-state index is 0.0859. The summed E-state index contributed by atoms with van der Waals surface area (Å²) in [5.41, 5.74) is 2.21. The zero-order valence-corrected chi connectivity index (χ0v) is 16.7. The Morgan fingerprint density at radius 3 is 2.63 bits per heavy atom. The molecule has 0 unspecified atom stereocenters. The minimum atomic E-state index is -0.0859. The minimum Gasteiger partial charge on any atom is -0.436 e. The molecule has 2 aromatic carbocycles. The fraction of sp³-hybridized carbons (Fsp3) is 0.300. The Kier molecular flexibility index (Phi) is 5.31. The van der Waals surface area contributed by atoms with E-state index in [2.05, 4.69) is 10.3 Å². The second-order valence-electron chi connectivity index (χ2n) is 6.76. The number of aromatic nitrogens is 1. The van der Waals surface area contributed by atoms with Crippen molar-refractivity contribution in [3.63, 3.8) is 0 Å². The van der Waals surface area contributed by atoms with E-state index >= 15 is 0 Å². The first-order valence-corrected chi connectivity index (χ1v) is 10.0. The van der Waals surface area contributed by atoms with Gasteiger partial charge in [0.1, 0.15) is 5.52 Å². The van der Waals surface area contributed by atoms with E-state index in [4.69, 9.17) is 39.2 Å². The quantitative estimate of drug-likeness (QED) is 0.488. The number of carbonyl (C=O) groups excluding carboxylic acids is 1. The van der Waals surface area contributed by atoms with E-state index in [1.54, 1.807) is 30.3 Å². The van der Waals surface area contributed by atoms with Crippen molar-refractivity contribution in [1.82, 2.24) is 10.3 Å². The standard InChI is InChI=1S/C20H17Cl3N2O2/c21-12-9-14(18(23)15(22)10-12)20-25-16-8-11(6-7-17(16)27-20)19(26)24-13-4-2-1-3-5-13/h6-10,13H,1-5H2,(H,24,26). The van der Waals surface area contributed by atoms with Crippen LogP contribution in [0.25, 0.3) is 22.6 Å². The number of carbonyl (C=O) groups is 1. The predicted molar refractivity (Wildman–Crippen MR) is 109 cm³/mol. The highest BCUT2D eigenvalue weighted by atomic mass is 35.5. The fourth-order valence-corrected chi connectivity index (χ4v) is 4.09. The van der Waals surface area contributed by atoms with Crippen LogP contribution in [0.4, 0.5) is 0 Å². The Morgan fingerprint density at radius 1 is 1.07 bits per heavy atom. The summed E-state index contributed by atoms with van der Waals surface area (Å²) in [7, 11) is 0. The molecule has 27 heavy (non-hydrogen) atoms. The van der Waals surface area contributed by atoms with Gasteiger partial charge in [-0.15, -0.1) is 0 Å². The van der Waals surface area contributed by atoms with Crippen LogP contribution >= 0.6 is 34.8 Å². The molecule has 0 radical (unpaired) electrons. The first-order valence-electron chi connectivity index (χ1n) is 8.87. The van der Waals surface area contributed by atoms with Crippen LogP contribution in [0.15, 0.2) is 34.7 Å². The van der Waals surface area contributed by atoms with Crippen molar-refractivity contribution >= 4 is 51.8 Å². The van der Waals surface area contributed by atoms with Gasteiger partial charge in [0.15, 0.2) is 5.58 Å². The maximum absolute atomic E-state index is 12.6. The van der Waals surface area contributed by atoms with Crippen molar-refractivity contribution in [2.75, 3.05) is 0 Å². The molecule has 0 saturated heterocycles. The number of hydrogen-bond donors (Lipinski definition) is 1. The van der Waals surface area contributed by atoms with Gasteiger partial charge in [-0.05, 0) is 43.2 Å². The average molecular weight is 424 g/mol. The molecule has 1 N–H and O–H groups in total. The van der Waals surface area contributed by atoms with Gasteiger partial charge in [0.05, 0.1) is 15.6 Å². The number of fused-ring (bicyclic) bond motifs is 1. The highest BCUT2D eigenvalue weighted by Gasteiger charge is 2.19. The Morgan fingerprint density at radius 2 is 1.85 bits per heavy atom. The van der Waals surface area contributed by atoms with Crippen LogP contribution in [-0.2, 0) is 0 Å². The molecule has 140 valence electrons. The van der Waals surface area contributed by atoms with Crippen molar-refractivity contribution in [1.29, 1.82) is 0 Å². The normalized spacial score (nSPS) is 15.2. The molecule has 0 aliphatic heterocycles. The molecule has 1 amide bonds. The van der Waals surface area contributed by atoms with Gasteiger partial charge < -0.3 is 9.73 Å². The van der Waals surface area contributed by atoms with Crippen molar-refractivity contribution in [3.05, 3.63) is 51.0 Å². The number of nitrogens with zero attached hydrogens (tertiary/aromatic N) is 1. The predicted octanol–water partition coefficient (Wildman–Crippen LogP) is 6.52. The molecule has 0 bridgehead atoms. The third-order valence-corrected chi connectivity index (χ3v) is 5.83. The molecule has 4 nitrogen and oxygen atoms in total. The van der Waals surface area contributed by atoms with E-state index in [1.165, 1.54) is 19.3 Å². The molecule has 0 spiro atoms. The van der Waals surface area contributed by atoms with Crippen LogP contribution in [0, 0.1) is 0 Å². The van der Waals surface area contributed by atoms with E-state index < -0.39 is 0 Å². The summed E-state index contributed by atoms with van der Waals surface area (Å²) in [6.45, 7) is 0. The lowest BCUT2D eigenvalue weighted by Crippen LogP contribution is -2.36. The number of hydrogen-bond acceptors (Lipinski definition) is 3. The Bertz CT molecular complexity index is 1010. The van der Waals surface area contributed by atoms with E-state index in [1.807, 2.05) is 0 Å². The van der Waals surface area contributed by atoms with Gasteiger partial charge in [-0.2, -0.15) is 0 Å². The highest BCUT2D eigenvalue weighted by Crippen LogP contribution is 2.37. The number of oxazole rings is 1. The van der Waals surface area contributed by atoms with Crippen molar-refractivity contribution in [3.8, 4) is 11.5 Å². The molecule has 3 aromatic rings. The second-order valence-corrected chi connectivity index (χ2v) is 7.98. The summed E-state index contributed by atoms with van der Waals surface area (Å²) < 4.78 is 5.79. The molecule has 1 aliphatic carbocycles. The van der Waals surface area contributed by atoms with Gasteiger partial charge >= 0.3 is 0 Å². The molecule has 1 fully saturated rings. The van der Waals surface area contributed by atoms with E-state index in [0.717, 1.165) is 12.8 Å². The van der Waals surface area contributed by atoms with E-state index in [0.29, 0.717) is 43.2 Å². The number of nitrogens with one attached hydrogen (secondary N) is 1. The summed E-state index contributed by atoms with van der Waals surface area (Å²) in [6, 6.07) is 8.66. The number of rotatable bonds is 3.